The first-order valence-corrected chi connectivity index (χ1v) is 7.60. The van der Waals surface area contributed by atoms with Gasteiger partial charge in [0.1, 0.15) is 0 Å². The second-order valence-electron chi connectivity index (χ2n) is 5.84. The van der Waals surface area contributed by atoms with E-state index in [0.717, 1.165) is 36.8 Å². The van der Waals surface area contributed by atoms with E-state index in [1.54, 1.807) is 4.68 Å². The summed E-state index contributed by atoms with van der Waals surface area (Å²) in [5, 5.41) is 11.8. The minimum Gasteiger partial charge on any atom is -0.348 e. The summed E-state index contributed by atoms with van der Waals surface area (Å²) in [4.78, 5) is 12.5. The van der Waals surface area contributed by atoms with Gasteiger partial charge in [0.2, 0.25) is 0 Å². The highest BCUT2D eigenvalue weighted by Crippen LogP contribution is 2.19. The normalized spacial score (nSPS) is 17.8. The lowest BCUT2D eigenvalue weighted by Gasteiger charge is -2.28. The molecule has 21 heavy (non-hydrogen) atoms. The molecule has 2 aromatic rings. The molecule has 5 heteroatoms. The van der Waals surface area contributed by atoms with Crippen molar-refractivity contribution < 1.29 is 4.79 Å². The van der Waals surface area contributed by atoms with E-state index >= 15 is 0 Å². The van der Waals surface area contributed by atoms with Crippen LogP contribution >= 0.6 is 0 Å². The van der Waals surface area contributed by atoms with Crippen molar-refractivity contribution >= 4 is 16.8 Å². The number of rotatable bonds is 3. The molecule has 5 nitrogen and oxygen atoms in total. The smallest absolute Gasteiger partial charge is 0.272 e. The number of hydrogen-bond acceptors (Lipinski definition) is 3. The van der Waals surface area contributed by atoms with Crippen LogP contribution in [0.15, 0.2) is 24.3 Å². The Hall–Kier alpha value is -1.88. The molecule has 0 aliphatic carbocycles. The number of nitrogens with zero attached hydrogens (tertiary/aromatic N) is 2. The quantitative estimate of drug-likeness (QED) is 0.903. The van der Waals surface area contributed by atoms with Gasteiger partial charge >= 0.3 is 0 Å². The number of aromatic nitrogens is 2. The molecule has 112 valence electrons. The Morgan fingerprint density at radius 2 is 2.10 bits per heavy atom. The molecule has 0 saturated carbocycles. The van der Waals surface area contributed by atoms with E-state index in [4.69, 9.17) is 0 Å². The number of nitrogens with one attached hydrogen (secondary N) is 2. The van der Waals surface area contributed by atoms with E-state index in [-0.39, 0.29) is 11.9 Å². The SMILES string of the molecule is CC(NC(=O)c1nn(C)c2ccccc12)C1CCNCC1. The number of benzene rings is 1. The van der Waals surface area contributed by atoms with E-state index in [2.05, 4.69) is 22.7 Å². The third-order valence-electron chi connectivity index (χ3n) is 4.42. The zero-order valence-corrected chi connectivity index (χ0v) is 12.6. The topological polar surface area (TPSA) is 59.0 Å². The Kier molecular flexibility index (Phi) is 3.92. The molecule has 3 rings (SSSR count). The molecule has 0 bridgehead atoms. The van der Waals surface area contributed by atoms with Gasteiger partial charge in [-0.3, -0.25) is 9.48 Å². The fraction of sp³-hybridized carbons (Fsp3) is 0.500. The van der Waals surface area contributed by atoms with Gasteiger partial charge < -0.3 is 10.6 Å². The van der Waals surface area contributed by atoms with Gasteiger partial charge in [0.25, 0.3) is 5.91 Å². The molecule has 1 aliphatic rings. The van der Waals surface area contributed by atoms with Crippen molar-refractivity contribution in [2.45, 2.75) is 25.8 Å². The number of aryl methyl sites for hydroxylation is 1. The molecule has 0 spiro atoms. The summed E-state index contributed by atoms with van der Waals surface area (Å²) < 4.78 is 1.76. The molecule has 1 fully saturated rings. The molecule has 2 N–H and O–H groups in total. The van der Waals surface area contributed by atoms with Crippen molar-refractivity contribution in [3.05, 3.63) is 30.0 Å². The molecule has 1 saturated heterocycles. The van der Waals surface area contributed by atoms with E-state index in [1.165, 1.54) is 0 Å². The van der Waals surface area contributed by atoms with Crippen molar-refractivity contribution in [2.24, 2.45) is 13.0 Å². The first kappa shape index (κ1) is 14.1. The predicted molar refractivity (Wildman–Crippen MR) is 83.2 cm³/mol. The van der Waals surface area contributed by atoms with Gasteiger partial charge in [0.15, 0.2) is 5.69 Å². The van der Waals surface area contributed by atoms with Gasteiger partial charge in [0, 0.05) is 18.5 Å². The number of fused-ring (bicyclic) bond motifs is 1. The third kappa shape index (κ3) is 2.78. The van der Waals surface area contributed by atoms with Crippen molar-refractivity contribution in [3.63, 3.8) is 0 Å². The van der Waals surface area contributed by atoms with Gasteiger partial charge in [-0.1, -0.05) is 18.2 Å². The summed E-state index contributed by atoms with van der Waals surface area (Å²) in [6.45, 7) is 4.17. The molecule has 1 unspecified atom stereocenters. The molecule has 2 heterocycles. The fourth-order valence-electron chi connectivity index (χ4n) is 3.12. The Morgan fingerprint density at radius 3 is 2.86 bits per heavy atom. The van der Waals surface area contributed by atoms with E-state index in [1.807, 2.05) is 31.3 Å². The van der Waals surface area contributed by atoms with Crippen LogP contribution in [0.4, 0.5) is 0 Å². The van der Waals surface area contributed by atoms with Crippen LogP contribution < -0.4 is 10.6 Å². The Balaban J connectivity index is 1.77. The van der Waals surface area contributed by atoms with Gasteiger partial charge in [-0.15, -0.1) is 0 Å². The van der Waals surface area contributed by atoms with E-state index in [9.17, 15) is 4.79 Å². The number of carbonyl (C=O) groups is 1. The van der Waals surface area contributed by atoms with Gasteiger partial charge in [0.05, 0.1) is 5.52 Å². The van der Waals surface area contributed by atoms with Crippen LogP contribution in [0, 0.1) is 5.92 Å². The molecule has 1 amide bonds. The summed E-state index contributed by atoms with van der Waals surface area (Å²) in [7, 11) is 1.87. The van der Waals surface area contributed by atoms with Crippen molar-refractivity contribution in [3.8, 4) is 0 Å². The highest BCUT2D eigenvalue weighted by molar-refractivity contribution is 6.04. The third-order valence-corrected chi connectivity index (χ3v) is 4.42. The number of para-hydroxylation sites is 1. The molecule has 1 aromatic heterocycles. The highest BCUT2D eigenvalue weighted by Gasteiger charge is 2.23. The maximum atomic E-state index is 12.5. The van der Waals surface area contributed by atoms with Crippen LogP contribution in [0.1, 0.15) is 30.3 Å². The lowest BCUT2D eigenvalue weighted by molar-refractivity contribution is 0.0916. The van der Waals surface area contributed by atoms with E-state index < -0.39 is 0 Å². The summed E-state index contributed by atoms with van der Waals surface area (Å²) in [5.74, 6) is 0.475. The Bertz CT molecular complexity index is 643. The van der Waals surface area contributed by atoms with Crippen LogP contribution in [0.2, 0.25) is 0 Å². The number of piperidine rings is 1. The lowest BCUT2D eigenvalue weighted by Crippen LogP contribution is -2.42. The molecular weight excluding hydrogens is 264 g/mol. The lowest BCUT2D eigenvalue weighted by atomic mass is 9.91. The molecular formula is C16H22N4O. The summed E-state index contributed by atoms with van der Waals surface area (Å²) >= 11 is 0. The summed E-state index contributed by atoms with van der Waals surface area (Å²) in [6.07, 6.45) is 2.23. The molecule has 1 aromatic carbocycles. The van der Waals surface area contributed by atoms with Crippen molar-refractivity contribution in [1.82, 2.24) is 20.4 Å². The van der Waals surface area contributed by atoms with Crippen LogP contribution in [0.3, 0.4) is 0 Å². The Morgan fingerprint density at radius 1 is 1.38 bits per heavy atom. The second kappa shape index (κ2) is 5.85. The number of hydrogen-bond donors (Lipinski definition) is 2. The van der Waals surface area contributed by atoms with E-state index in [0.29, 0.717) is 11.6 Å². The zero-order chi connectivity index (χ0) is 14.8. The zero-order valence-electron chi connectivity index (χ0n) is 12.6. The van der Waals surface area contributed by atoms with Crippen LogP contribution in [0.25, 0.3) is 10.9 Å². The van der Waals surface area contributed by atoms with Crippen LogP contribution in [-0.2, 0) is 7.05 Å². The standard InChI is InChI=1S/C16H22N4O/c1-11(12-7-9-17-10-8-12)18-16(21)15-13-5-3-4-6-14(13)20(2)19-15/h3-6,11-12,17H,7-10H2,1-2H3,(H,18,21). The fourth-order valence-corrected chi connectivity index (χ4v) is 3.12. The minimum atomic E-state index is -0.0715. The van der Waals surface area contributed by atoms with Gasteiger partial charge in [-0.25, -0.2) is 0 Å². The van der Waals surface area contributed by atoms with Crippen LogP contribution in [0.5, 0.6) is 0 Å². The van der Waals surface area contributed by atoms with Gasteiger partial charge in [-0.05, 0) is 44.8 Å². The van der Waals surface area contributed by atoms with Crippen molar-refractivity contribution in [1.29, 1.82) is 0 Å². The average molecular weight is 286 g/mol. The van der Waals surface area contributed by atoms with Crippen molar-refractivity contribution in [2.75, 3.05) is 13.1 Å². The van der Waals surface area contributed by atoms with Crippen LogP contribution in [-0.4, -0.2) is 34.8 Å². The Labute approximate surface area is 124 Å². The average Bonchev–Trinajstić information content (AvgIpc) is 2.86. The monoisotopic (exact) mass is 286 g/mol. The number of carbonyl (C=O) groups excluding carboxylic acids is 1. The first-order valence-electron chi connectivity index (χ1n) is 7.60. The first-order chi connectivity index (χ1) is 10.2. The summed E-state index contributed by atoms with van der Waals surface area (Å²) in [5.41, 5.74) is 1.51. The highest BCUT2D eigenvalue weighted by atomic mass is 16.2. The second-order valence-corrected chi connectivity index (χ2v) is 5.84. The summed E-state index contributed by atoms with van der Waals surface area (Å²) in [6, 6.07) is 8.02. The maximum absolute atomic E-state index is 12.5. The largest absolute Gasteiger partial charge is 0.348 e. The number of amides is 1. The molecule has 1 aliphatic heterocycles. The maximum Gasteiger partial charge on any atom is 0.272 e. The predicted octanol–water partition coefficient (Wildman–Crippen LogP) is 1.69. The minimum absolute atomic E-state index is 0.0715. The van der Waals surface area contributed by atoms with Gasteiger partial charge in [-0.2, -0.15) is 5.10 Å². The molecule has 1 atom stereocenters. The molecule has 0 radical (unpaired) electrons.